The zero-order chi connectivity index (χ0) is 15.2. The Hall–Kier alpha value is -2.35. The van der Waals surface area contributed by atoms with E-state index in [4.69, 9.17) is 0 Å². The van der Waals surface area contributed by atoms with Gasteiger partial charge in [-0.2, -0.15) is 5.10 Å². The molecule has 8 heteroatoms. The number of benzene rings is 1. The molecule has 0 unspecified atom stereocenters. The number of rotatable bonds is 3. The zero-order valence-electron chi connectivity index (χ0n) is 11.2. The molecule has 0 aliphatic carbocycles. The van der Waals surface area contributed by atoms with Gasteiger partial charge in [0.05, 0.1) is 24.1 Å². The largest absolute Gasteiger partial charge is 0.449 e. The third-order valence-corrected chi connectivity index (χ3v) is 3.27. The zero-order valence-corrected chi connectivity index (χ0v) is 12.8. The molecule has 0 aliphatic rings. The lowest BCUT2D eigenvalue weighted by Gasteiger charge is -2.07. The van der Waals surface area contributed by atoms with Crippen LogP contribution < -0.4 is 10.9 Å². The van der Waals surface area contributed by atoms with Crippen molar-refractivity contribution < 1.29 is 14.3 Å². The maximum atomic E-state index is 12.0. The van der Waals surface area contributed by atoms with Crippen LogP contribution in [-0.2, 0) is 4.74 Å². The minimum Gasteiger partial charge on any atom is -0.449 e. The number of para-hydroxylation sites is 1. The summed E-state index contributed by atoms with van der Waals surface area (Å²) in [6.45, 7) is 1.89. The van der Waals surface area contributed by atoms with E-state index in [1.165, 1.54) is 6.20 Å². The molecule has 1 heterocycles. The summed E-state index contributed by atoms with van der Waals surface area (Å²) in [5.41, 5.74) is 5.48. The molecule has 2 amide bonds. The van der Waals surface area contributed by atoms with Gasteiger partial charge in [-0.05, 0) is 35.0 Å². The predicted molar refractivity (Wildman–Crippen MR) is 78.9 cm³/mol. The molecular weight excluding hydrogens is 340 g/mol. The van der Waals surface area contributed by atoms with Gasteiger partial charge in [0, 0.05) is 0 Å². The lowest BCUT2D eigenvalue weighted by molar-refractivity contribution is 0.0912. The molecular formula is C13H13BrN4O3. The van der Waals surface area contributed by atoms with Gasteiger partial charge in [0.1, 0.15) is 4.60 Å². The normalized spacial score (nSPS) is 10.0. The summed E-state index contributed by atoms with van der Waals surface area (Å²) >= 11 is 3.32. The number of hydrazine groups is 1. The van der Waals surface area contributed by atoms with Crippen LogP contribution in [-0.4, -0.2) is 28.4 Å². The number of nitrogens with one attached hydrogen (secondary N) is 2. The molecule has 2 N–H and O–H groups in total. The van der Waals surface area contributed by atoms with Crippen molar-refractivity contribution in [2.75, 3.05) is 6.61 Å². The van der Waals surface area contributed by atoms with Crippen LogP contribution in [0.25, 0.3) is 5.69 Å². The number of carbonyl (C=O) groups is 2. The van der Waals surface area contributed by atoms with E-state index in [-0.39, 0.29) is 12.2 Å². The minimum absolute atomic E-state index is 0.220. The van der Waals surface area contributed by atoms with Gasteiger partial charge < -0.3 is 4.74 Å². The summed E-state index contributed by atoms with van der Waals surface area (Å²) in [6, 6.07) is 9.33. The standard InChI is InChI=1S/C13H13BrN4O3/c1-2-21-13(20)17-16-12(19)10-8-15-18(11(10)14)9-6-4-3-5-7-9/h3-8H,2H2,1H3,(H,16,19)(H,17,20). The number of hydrogen-bond acceptors (Lipinski definition) is 4. The highest BCUT2D eigenvalue weighted by Crippen LogP contribution is 2.20. The summed E-state index contributed by atoms with van der Waals surface area (Å²) < 4.78 is 6.69. The molecule has 1 aromatic heterocycles. The van der Waals surface area contributed by atoms with Crippen LogP contribution in [0.4, 0.5) is 4.79 Å². The Morgan fingerprint density at radius 2 is 2.00 bits per heavy atom. The van der Waals surface area contributed by atoms with Crippen LogP contribution in [0.1, 0.15) is 17.3 Å². The van der Waals surface area contributed by atoms with Gasteiger partial charge in [-0.15, -0.1) is 0 Å². The number of nitrogens with zero attached hydrogens (tertiary/aromatic N) is 2. The van der Waals surface area contributed by atoms with Crippen molar-refractivity contribution >= 4 is 27.9 Å². The highest BCUT2D eigenvalue weighted by atomic mass is 79.9. The highest BCUT2D eigenvalue weighted by molar-refractivity contribution is 9.10. The van der Waals surface area contributed by atoms with E-state index in [0.29, 0.717) is 4.60 Å². The van der Waals surface area contributed by atoms with Crippen molar-refractivity contribution in [3.05, 3.63) is 46.7 Å². The van der Waals surface area contributed by atoms with Gasteiger partial charge in [0.25, 0.3) is 5.91 Å². The van der Waals surface area contributed by atoms with Gasteiger partial charge in [-0.1, -0.05) is 18.2 Å². The Balaban J connectivity index is 2.10. The molecule has 0 spiro atoms. The number of amides is 2. The lowest BCUT2D eigenvalue weighted by Crippen LogP contribution is -2.41. The van der Waals surface area contributed by atoms with Gasteiger partial charge in [-0.25, -0.2) is 14.9 Å². The SMILES string of the molecule is CCOC(=O)NNC(=O)c1cnn(-c2ccccc2)c1Br. The molecule has 21 heavy (non-hydrogen) atoms. The van der Waals surface area contributed by atoms with Crippen LogP contribution in [0, 0.1) is 0 Å². The molecule has 0 radical (unpaired) electrons. The summed E-state index contributed by atoms with van der Waals surface area (Å²) in [6.07, 6.45) is 0.677. The fourth-order valence-corrected chi connectivity index (χ4v) is 2.16. The van der Waals surface area contributed by atoms with Crippen LogP contribution >= 0.6 is 15.9 Å². The average molecular weight is 353 g/mol. The van der Waals surface area contributed by atoms with Crippen LogP contribution in [0.5, 0.6) is 0 Å². The maximum Gasteiger partial charge on any atom is 0.426 e. The van der Waals surface area contributed by atoms with E-state index in [0.717, 1.165) is 5.69 Å². The molecule has 2 aromatic rings. The molecule has 2 rings (SSSR count). The molecule has 7 nitrogen and oxygen atoms in total. The monoisotopic (exact) mass is 352 g/mol. The Morgan fingerprint density at radius 3 is 2.67 bits per heavy atom. The van der Waals surface area contributed by atoms with Gasteiger partial charge >= 0.3 is 6.09 Å². The third kappa shape index (κ3) is 3.60. The van der Waals surface area contributed by atoms with Crippen molar-refractivity contribution in [3.63, 3.8) is 0 Å². The summed E-state index contributed by atoms with van der Waals surface area (Å²) in [5, 5.41) is 4.14. The first-order chi connectivity index (χ1) is 10.1. The Morgan fingerprint density at radius 1 is 1.29 bits per heavy atom. The summed E-state index contributed by atoms with van der Waals surface area (Å²) in [7, 11) is 0. The first-order valence-corrected chi connectivity index (χ1v) is 6.94. The lowest BCUT2D eigenvalue weighted by atomic mass is 10.3. The quantitative estimate of drug-likeness (QED) is 0.827. The fraction of sp³-hybridized carbons (Fsp3) is 0.154. The van der Waals surface area contributed by atoms with E-state index >= 15 is 0 Å². The first-order valence-electron chi connectivity index (χ1n) is 6.15. The smallest absolute Gasteiger partial charge is 0.426 e. The molecule has 0 atom stereocenters. The number of ether oxygens (including phenoxy) is 1. The number of aromatic nitrogens is 2. The molecule has 0 aliphatic heterocycles. The Kier molecular flexibility index (Phi) is 4.94. The molecule has 110 valence electrons. The molecule has 1 aromatic carbocycles. The molecule has 0 saturated carbocycles. The van der Waals surface area contributed by atoms with Crippen LogP contribution in [0.2, 0.25) is 0 Å². The van der Waals surface area contributed by atoms with Gasteiger partial charge in [-0.3, -0.25) is 10.2 Å². The topological polar surface area (TPSA) is 85.2 Å². The second-order valence-corrected chi connectivity index (χ2v) is 4.65. The van der Waals surface area contributed by atoms with Crippen LogP contribution in [0.3, 0.4) is 0 Å². The summed E-state index contributed by atoms with van der Waals surface area (Å²) in [5.74, 6) is -0.503. The van der Waals surface area contributed by atoms with Gasteiger partial charge in [0.15, 0.2) is 0 Å². The first kappa shape index (κ1) is 15.0. The van der Waals surface area contributed by atoms with Crippen molar-refractivity contribution in [1.29, 1.82) is 0 Å². The predicted octanol–water partition coefficient (Wildman–Crippen LogP) is 2.03. The third-order valence-electron chi connectivity index (χ3n) is 2.51. The molecule has 0 saturated heterocycles. The number of hydrogen-bond donors (Lipinski definition) is 2. The summed E-state index contributed by atoms with van der Waals surface area (Å²) in [4.78, 5) is 23.1. The van der Waals surface area contributed by atoms with Crippen molar-refractivity contribution in [3.8, 4) is 5.69 Å². The molecule has 0 bridgehead atoms. The van der Waals surface area contributed by atoms with Crippen molar-refractivity contribution in [2.45, 2.75) is 6.92 Å². The van der Waals surface area contributed by atoms with Crippen molar-refractivity contribution in [1.82, 2.24) is 20.6 Å². The van der Waals surface area contributed by atoms with E-state index < -0.39 is 12.0 Å². The van der Waals surface area contributed by atoms with E-state index in [9.17, 15) is 9.59 Å². The highest BCUT2D eigenvalue weighted by Gasteiger charge is 2.17. The van der Waals surface area contributed by atoms with E-state index in [2.05, 4.69) is 36.6 Å². The second-order valence-electron chi connectivity index (χ2n) is 3.90. The fourth-order valence-electron chi connectivity index (χ4n) is 1.58. The average Bonchev–Trinajstić information content (AvgIpc) is 2.88. The molecule has 0 fully saturated rings. The Labute approximate surface area is 129 Å². The second kappa shape index (κ2) is 6.89. The maximum absolute atomic E-state index is 12.0. The number of carbonyl (C=O) groups excluding carboxylic acids is 2. The van der Waals surface area contributed by atoms with E-state index in [1.54, 1.807) is 11.6 Å². The minimum atomic E-state index is -0.725. The van der Waals surface area contributed by atoms with Gasteiger partial charge in [0.2, 0.25) is 0 Å². The van der Waals surface area contributed by atoms with Crippen LogP contribution in [0.15, 0.2) is 41.1 Å². The number of halogens is 1. The van der Waals surface area contributed by atoms with Crippen molar-refractivity contribution in [2.24, 2.45) is 0 Å². The van der Waals surface area contributed by atoms with E-state index in [1.807, 2.05) is 30.3 Å². The Bertz CT molecular complexity index is 642.